The van der Waals surface area contributed by atoms with Crippen molar-refractivity contribution >= 4 is 27.8 Å². The van der Waals surface area contributed by atoms with Crippen molar-refractivity contribution in [3.8, 4) is 0 Å². The monoisotopic (exact) mass is 388 g/mol. The molecule has 23 heavy (non-hydrogen) atoms. The van der Waals surface area contributed by atoms with E-state index in [-0.39, 0.29) is 24.1 Å². The lowest BCUT2D eigenvalue weighted by molar-refractivity contribution is -0.140. The molecule has 0 aromatic carbocycles. The number of amides is 1. The number of carbonyl (C=O) groups excluding carboxylic acids is 2. The number of hydrogen-bond donors (Lipinski definition) is 0. The molecule has 7 nitrogen and oxygen atoms in total. The number of furan rings is 1. The van der Waals surface area contributed by atoms with Gasteiger partial charge in [-0.1, -0.05) is 0 Å². The molecule has 1 aliphatic rings. The number of hydrogen-bond acceptors (Lipinski definition) is 6. The quantitative estimate of drug-likeness (QED) is 0.657. The Morgan fingerprint density at radius 3 is 2.65 bits per heavy atom. The first kappa shape index (κ1) is 18.0. The summed E-state index contributed by atoms with van der Waals surface area (Å²) in [5, 5.41) is 0. The van der Waals surface area contributed by atoms with Crippen LogP contribution in [0.1, 0.15) is 17.0 Å². The summed E-state index contributed by atoms with van der Waals surface area (Å²) in [7, 11) is 1.34. The van der Waals surface area contributed by atoms with Crippen molar-refractivity contribution in [2.24, 2.45) is 0 Å². The summed E-state index contributed by atoms with van der Waals surface area (Å²) in [5.41, 5.74) is 0. The lowest BCUT2D eigenvalue weighted by Gasteiger charge is -2.29. The maximum atomic E-state index is 12.5. The van der Waals surface area contributed by atoms with Gasteiger partial charge < -0.3 is 18.8 Å². The van der Waals surface area contributed by atoms with E-state index in [0.717, 1.165) is 19.6 Å². The Balaban J connectivity index is 1.95. The van der Waals surface area contributed by atoms with Crippen LogP contribution in [0.3, 0.4) is 0 Å². The topological polar surface area (TPSA) is 72.2 Å². The molecule has 2 heterocycles. The summed E-state index contributed by atoms with van der Waals surface area (Å²) < 4.78 is 15.8. The van der Waals surface area contributed by atoms with E-state index in [1.165, 1.54) is 7.11 Å². The van der Waals surface area contributed by atoms with Crippen LogP contribution in [0.25, 0.3) is 0 Å². The molecule has 1 aromatic heterocycles. The molecule has 1 amide bonds. The van der Waals surface area contributed by atoms with E-state index in [1.807, 2.05) is 0 Å². The van der Waals surface area contributed by atoms with E-state index >= 15 is 0 Å². The number of rotatable bonds is 7. The van der Waals surface area contributed by atoms with E-state index < -0.39 is 0 Å². The number of halogens is 1. The molecular weight excluding hydrogens is 368 g/mol. The first-order valence-electron chi connectivity index (χ1n) is 7.51. The summed E-state index contributed by atoms with van der Waals surface area (Å²) in [6, 6.07) is 3.29. The Labute approximate surface area is 143 Å². The third kappa shape index (κ3) is 5.63. The van der Waals surface area contributed by atoms with Crippen LogP contribution in [0.5, 0.6) is 0 Å². The minimum absolute atomic E-state index is 0.160. The molecule has 1 fully saturated rings. The second kappa shape index (κ2) is 9.05. The summed E-state index contributed by atoms with van der Waals surface area (Å²) in [6.45, 7) is 4.68. The Kier molecular flexibility index (Phi) is 7.07. The lowest BCUT2D eigenvalue weighted by atomic mass is 10.3. The Morgan fingerprint density at radius 1 is 1.30 bits per heavy atom. The second-order valence-corrected chi connectivity index (χ2v) is 5.96. The number of morpholine rings is 1. The van der Waals surface area contributed by atoms with E-state index in [0.29, 0.717) is 31.0 Å². The van der Waals surface area contributed by atoms with Crippen molar-refractivity contribution in [3.05, 3.63) is 22.6 Å². The standard InChI is InChI=1S/C15H21BrN2O5/c1-21-14(19)4-5-18(7-6-17-8-10-22-11-9-17)15(20)12-2-3-13(16)23-12/h2-3H,4-11H2,1H3. The molecule has 0 bridgehead atoms. The normalized spacial score (nSPS) is 15.4. The smallest absolute Gasteiger partial charge is 0.307 e. The minimum Gasteiger partial charge on any atom is -0.469 e. The van der Waals surface area contributed by atoms with Crippen molar-refractivity contribution in [2.45, 2.75) is 6.42 Å². The maximum absolute atomic E-state index is 12.5. The van der Waals surface area contributed by atoms with Gasteiger partial charge in [0.05, 0.1) is 26.7 Å². The van der Waals surface area contributed by atoms with Gasteiger partial charge in [0.25, 0.3) is 5.91 Å². The van der Waals surface area contributed by atoms with Crippen molar-refractivity contribution in [1.29, 1.82) is 0 Å². The summed E-state index contributed by atoms with van der Waals surface area (Å²) in [6.07, 6.45) is 0.160. The molecule has 0 aliphatic carbocycles. The minimum atomic E-state index is -0.338. The fraction of sp³-hybridized carbons (Fsp3) is 0.600. The van der Waals surface area contributed by atoms with Crippen molar-refractivity contribution in [1.82, 2.24) is 9.80 Å². The van der Waals surface area contributed by atoms with Crippen LogP contribution >= 0.6 is 15.9 Å². The summed E-state index contributed by atoms with van der Waals surface area (Å²) in [4.78, 5) is 27.8. The molecule has 0 spiro atoms. The molecule has 0 N–H and O–H groups in total. The van der Waals surface area contributed by atoms with Crippen LogP contribution in [-0.4, -0.2) is 74.7 Å². The number of ether oxygens (including phenoxy) is 2. The first-order chi connectivity index (χ1) is 11.1. The predicted octanol–water partition coefficient (Wildman–Crippen LogP) is 1.38. The predicted molar refractivity (Wildman–Crippen MR) is 86.2 cm³/mol. The zero-order chi connectivity index (χ0) is 16.7. The lowest BCUT2D eigenvalue weighted by Crippen LogP contribution is -2.43. The zero-order valence-electron chi connectivity index (χ0n) is 13.1. The molecule has 1 aliphatic heterocycles. The SMILES string of the molecule is COC(=O)CCN(CCN1CCOCC1)C(=O)c1ccc(Br)o1. The van der Waals surface area contributed by atoms with E-state index in [2.05, 4.69) is 25.6 Å². The number of methoxy groups -OCH3 is 1. The fourth-order valence-electron chi connectivity index (χ4n) is 2.32. The fourth-order valence-corrected chi connectivity index (χ4v) is 2.62. The number of esters is 1. The van der Waals surface area contributed by atoms with Crippen molar-refractivity contribution < 1.29 is 23.5 Å². The highest BCUT2D eigenvalue weighted by Gasteiger charge is 2.21. The van der Waals surface area contributed by atoms with Gasteiger partial charge in [0, 0.05) is 32.7 Å². The largest absolute Gasteiger partial charge is 0.469 e. The van der Waals surface area contributed by atoms with Gasteiger partial charge in [0.1, 0.15) is 0 Å². The summed E-state index contributed by atoms with van der Waals surface area (Å²) >= 11 is 3.19. The van der Waals surface area contributed by atoms with Crippen LogP contribution in [0.4, 0.5) is 0 Å². The molecule has 8 heteroatoms. The van der Waals surface area contributed by atoms with E-state index in [1.54, 1.807) is 17.0 Å². The molecule has 2 rings (SSSR count). The third-order valence-electron chi connectivity index (χ3n) is 3.67. The molecule has 1 saturated heterocycles. The van der Waals surface area contributed by atoms with Gasteiger partial charge in [0.2, 0.25) is 0 Å². The van der Waals surface area contributed by atoms with Gasteiger partial charge in [-0.15, -0.1) is 0 Å². The Hall–Kier alpha value is -1.38. The molecule has 128 valence electrons. The second-order valence-electron chi connectivity index (χ2n) is 5.18. The summed E-state index contributed by atoms with van der Waals surface area (Å²) in [5.74, 6) is -0.314. The van der Waals surface area contributed by atoms with Gasteiger partial charge in [-0.2, -0.15) is 0 Å². The first-order valence-corrected chi connectivity index (χ1v) is 8.31. The van der Waals surface area contributed by atoms with Crippen LogP contribution in [0.2, 0.25) is 0 Å². The average molecular weight is 389 g/mol. The molecule has 0 atom stereocenters. The van der Waals surface area contributed by atoms with Gasteiger partial charge in [-0.3, -0.25) is 14.5 Å². The molecule has 0 radical (unpaired) electrons. The molecule has 0 unspecified atom stereocenters. The van der Waals surface area contributed by atoms with Crippen LogP contribution in [0.15, 0.2) is 21.2 Å². The molecular formula is C15H21BrN2O5. The van der Waals surface area contributed by atoms with Gasteiger partial charge in [-0.25, -0.2) is 0 Å². The van der Waals surface area contributed by atoms with Gasteiger partial charge >= 0.3 is 5.97 Å². The van der Waals surface area contributed by atoms with Crippen LogP contribution in [0, 0.1) is 0 Å². The molecule has 1 aromatic rings. The zero-order valence-corrected chi connectivity index (χ0v) is 14.7. The number of nitrogens with zero attached hydrogens (tertiary/aromatic N) is 2. The highest BCUT2D eigenvalue weighted by Crippen LogP contribution is 2.16. The van der Waals surface area contributed by atoms with Crippen molar-refractivity contribution in [2.75, 3.05) is 53.0 Å². The highest BCUT2D eigenvalue weighted by atomic mass is 79.9. The van der Waals surface area contributed by atoms with Gasteiger partial charge in [-0.05, 0) is 28.1 Å². The number of carbonyl (C=O) groups is 2. The van der Waals surface area contributed by atoms with E-state index in [9.17, 15) is 9.59 Å². The Bertz CT molecular complexity index is 528. The van der Waals surface area contributed by atoms with E-state index in [4.69, 9.17) is 9.15 Å². The average Bonchev–Trinajstić information content (AvgIpc) is 3.01. The molecule has 0 saturated carbocycles. The highest BCUT2D eigenvalue weighted by molar-refractivity contribution is 9.10. The van der Waals surface area contributed by atoms with Crippen LogP contribution < -0.4 is 0 Å². The van der Waals surface area contributed by atoms with Crippen molar-refractivity contribution in [3.63, 3.8) is 0 Å². The maximum Gasteiger partial charge on any atom is 0.307 e. The van der Waals surface area contributed by atoms with Gasteiger partial charge in [0.15, 0.2) is 10.4 Å². The van der Waals surface area contributed by atoms with Crippen LogP contribution in [-0.2, 0) is 14.3 Å². The Morgan fingerprint density at radius 2 is 2.04 bits per heavy atom. The third-order valence-corrected chi connectivity index (χ3v) is 4.10.